The molecule has 5 nitrogen and oxygen atoms in total. The van der Waals surface area contributed by atoms with Crippen molar-refractivity contribution in [1.29, 1.82) is 0 Å². The lowest BCUT2D eigenvalue weighted by Crippen LogP contribution is -2.25. The first-order valence-corrected chi connectivity index (χ1v) is 11.0. The molecule has 0 unspecified atom stereocenters. The van der Waals surface area contributed by atoms with Crippen molar-refractivity contribution >= 4 is 12.3 Å². The van der Waals surface area contributed by atoms with E-state index in [-0.39, 0.29) is 18.3 Å². The second-order valence-corrected chi connectivity index (χ2v) is 8.71. The molecule has 0 bridgehead atoms. The van der Waals surface area contributed by atoms with Crippen molar-refractivity contribution in [2.75, 3.05) is 13.2 Å². The lowest BCUT2D eigenvalue weighted by atomic mass is 9.88. The topological polar surface area (TPSA) is 61.8 Å². The van der Waals surface area contributed by atoms with Gasteiger partial charge in [0.1, 0.15) is 36.6 Å². The molecule has 0 saturated carbocycles. The van der Waals surface area contributed by atoms with Gasteiger partial charge in [-0.15, -0.1) is 0 Å². The zero-order chi connectivity index (χ0) is 23.7. The van der Waals surface area contributed by atoms with E-state index in [9.17, 15) is 9.59 Å². The number of carbonyl (C=O) groups is 2. The molecule has 0 aliphatic heterocycles. The van der Waals surface area contributed by atoms with E-state index < -0.39 is 5.60 Å². The molecule has 0 aromatic heterocycles. The molecule has 3 aromatic carbocycles. The van der Waals surface area contributed by atoms with Crippen LogP contribution in [-0.2, 0) is 9.53 Å². The minimum absolute atomic E-state index is 0.141. The molecule has 0 radical (unpaired) electrons. The molecule has 0 fully saturated rings. The summed E-state index contributed by atoms with van der Waals surface area (Å²) in [6.07, 6.45) is 1.04. The van der Waals surface area contributed by atoms with Crippen LogP contribution in [-0.4, -0.2) is 31.1 Å². The quantitative estimate of drug-likeness (QED) is 0.223. The Bertz CT molecular complexity index is 1040. The summed E-state index contributed by atoms with van der Waals surface area (Å²) in [5, 5.41) is 0. The third-order valence-corrected chi connectivity index (χ3v) is 4.89. The smallest absolute Gasteiger partial charge is 0.307 e. The van der Waals surface area contributed by atoms with E-state index in [0.29, 0.717) is 30.3 Å². The molecule has 1 atom stereocenters. The van der Waals surface area contributed by atoms with Crippen molar-refractivity contribution in [2.45, 2.75) is 38.7 Å². The second kappa shape index (κ2) is 11.3. The minimum atomic E-state index is -0.531. The number of carbonyl (C=O) groups excluding carboxylic acids is 2. The van der Waals surface area contributed by atoms with Gasteiger partial charge in [-0.05, 0) is 68.3 Å². The fraction of sp³-hybridized carbons (Fsp3) is 0.286. The highest BCUT2D eigenvalue weighted by molar-refractivity contribution is 5.74. The first-order valence-electron chi connectivity index (χ1n) is 11.0. The van der Waals surface area contributed by atoms with Crippen LogP contribution in [0.3, 0.4) is 0 Å². The molecule has 5 heteroatoms. The molecule has 0 N–H and O–H groups in total. The molecule has 3 rings (SSSR count). The fourth-order valence-corrected chi connectivity index (χ4v) is 3.45. The Morgan fingerprint density at radius 2 is 1.45 bits per heavy atom. The first-order chi connectivity index (χ1) is 15.8. The summed E-state index contributed by atoms with van der Waals surface area (Å²) in [6.45, 7) is 6.34. The number of aldehydes is 1. The number of benzene rings is 3. The van der Waals surface area contributed by atoms with Crippen molar-refractivity contribution in [2.24, 2.45) is 0 Å². The van der Waals surface area contributed by atoms with Crippen LogP contribution in [0, 0.1) is 0 Å². The van der Waals surface area contributed by atoms with Crippen LogP contribution in [0.1, 0.15) is 54.6 Å². The van der Waals surface area contributed by atoms with E-state index in [1.807, 2.05) is 75.4 Å². The monoisotopic (exact) mass is 446 g/mol. The molecule has 0 saturated heterocycles. The van der Waals surface area contributed by atoms with Crippen molar-refractivity contribution in [3.8, 4) is 11.5 Å². The number of ether oxygens (including phenoxy) is 3. The van der Waals surface area contributed by atoms with Gasteiger partial charge in [0.2, 0.25) is 0 Å². The summed E-state index contributed by atoms with van der Waals surface area (Å²) < 4.78 is 17.1. The molecule has 33 heavy (non-hydrogen) atoms. The van der Waals surface area contributed by atoms with E-state index in [4.69, 9.17) is 14.2 Å². The van der Waals surface area contributed by atoms with Gasteiger partial charge in [0, 0.05) is 11.5 Å². The Hall–Kier alpha value is -3.60. The van der Waals surface area contributed by atoms with Gasteiger partial charge in [-0.3, -0.25) is 9.59 Å². The number of esters is 1. The van der Waals surface area contributed by atoms with E-state index in [1.54, 1.807) is 24.3 Å². The van der Waals surface area contributed by atoms with Crippen molar-refractivity contribution in [3.63, 3.8) is 0 Å². The summed E-state index contributed by atoms with van der Waals surface area (Å²) in [5.74, 6) is 1.01. The maximum atomic E-state index is 12.6. The summed E-state index contributed by atoms with van der Waals surface area (Å²) >= 11 is 0. The van der Waals surface area contributed by atoms with Crippen LogP contribution >= 0.6 is 0 Å². The van der Waals surface area contributed by atoms with Crippen molar-refractivity contribution in [1.82, 2.24) is 0 Å². The third kappa shape index (κ3) is 7.79. The van der Waals surface area contributed by atoms with E-state index >= 15 is 0 Å². The van der Waals surface area contributed by atoms with Crippen LogP contribution in [0.25, 0.3) is 0 Å². The van der Waals surface area contributed by atoms with E-state index in [0.717, 1.165) is 17.4 Å². The number of hydrogen-bond acceptors (Lipinski definition) is 5. The summed E-state index contributed by atoms with van der Waals surface area (Å²) in [6, 6.07) is 24.6. The van der Waals surface area contributed by atoms with Gasteiger partial charge >= 0.3 is 5.97 Å². The molecule has 172 valence electrons. The molecule has 0 heterocycles. The lowest BCUT2D eigenvalue weighted by molar-refractivity contribution is -0.155. The van der Waals surface area contributed by atoms with Gasteiger partial charge in [0.25, 0.3) is 0 Å². The Balaban J connectivity index is 1.65. The van der Waals surface area contributed by atoms with Crippen LogP contribution < -0.4 is 9.47 Å². The average Bonchev–Trinajstić information content (AvgIpc) is 2.80. The van der Waals surface area contributed by atoms with Crippen LogP contribution in [0.2, 0.25) is 0 Å². The third-order valence-electron chi connectivity index (χ3n) is 4.89. The lowest BCUT2D eigenvalue weighted by Gasteiger charge is -2.23. The zero-order valence-electron chi connectivity index (χ0n) is 19.3. The summed E-state index contributed by atoms with van der Waals surface area (Å²) in [4.78, 5) is 23.3. The zero-order valence-corrected chi connectivity index (χ0v) is 19.3. The highest BCUT2D eigenvalue weighted by Gasteiger charge is 2.23. The molecule has 0 spiro atoms. The van der Waals surface area contributed by atoms with Gasteiger partial charge < -0.3 is 14.2 Å². The van der Waals surface area contributed by atoms with Gasteiger partial charge in [-0.25, -0.2) is 0 Å². The highest BCUT2D eigenvalue weighted by Crippen LogP contribution is 2.31. The predicted molar refractivity (Wildman–Crippen MR) is 128 cm³/mol. The highest BCUT2D eigenvalue weighted by atomic mass is 16.6. The summed E-state index contributed by atoms with van der Waals surface area (Å²) in [7, 11) is 0. The van der Waals surface area contributed by atoms with Gasteiger partial charge in [0.15, 0.2) is 0 Å². The largest absolute Gasteiger partial charge is 0.490 e. The molecule has 0 amide bonds. The van der Waals surface area contributed by atoms with Gasteiger partial charge in [-0.2, -0.15) is 0 Å². The van der Waals surface area contributed by atoms with Crippen molar-refractivity contribution in [3.05, 3.63) is 95.6 Å². The number of hydrogen-bond donors (Lipinski definition) is 0. The minimum Gasteiger partial charge on any atom is -0.490 e. The van der Waals surface area contributed by atoms with E-state index in [2.05, 4.69) is 0 Å². The van der Waals surface area contributed by atoms with Gasteiger partial charge in [-0.1, -0.05) is 42.5 Å². The van der Waals surface area contributed by atoms with Crippen LogP contribution in [0.4, 0.5) is 0 Å². The van der Waals surface area contributed by atoms with Crippen molar-refractivity contribution < 1.29 is 23.8 Å². The molecule has 0 aliphatic rings. The van der Waals surface area contributed by atoms with Gasteiger partial charge in [0.05, 0.1) is 6.42 Å². The maximum absolute atomic E-state index is 12.6. The SMILES string of the molecule is CC(C)(C)OC(=O)C[C@@H](c1ccccc1)c1cccc(OCCOc2ccc(C=O)cc2)c1. The molecule has 0 aliphatic carbocycles. The standard InChI is InChI=1S/C28H30O5/c1-28(2,3)33-27(30)19-26(22-8-5-4-6-9-22)23-10-7-11-25(18-23)32-17-16-31-24-14-12-21(20-29)13-15-24/h4-15,18,20,26H,16-17,19H2,1-3H3/t26-/m0/s1. The predicted octanol–water partition coefficient (Wildman–Crippen LogP) is 5.82. The molecule has 3 aromatic rings. The molecular weight excluding hydrogens is 416 g/mol. The second-order valence-electron chi connectivity index (χ2n) is 8.71. The Morgan fingerprint density at radius 1 is 0.818 bits per heavy atom. The molecular formula is C28H30O5. The normalized spacial score (nSPS) is 12.0. The number of rotatable bonds is 10. The Morgan fingerprint density at radius 3 is 2.09 bits per heavy atom. The summed E-state index contributed by atoms with van der Waals surface area (Å²) in [5.41, 5.74) is 2.10. The van der Waals surface area contributed by atoms with Crippen LogP contribution in [0.5, 0.6) is 11.5 Å². The Labute approximate surface area is 195 Å². The van der Waals surface area contributed by atoms with Crippen LogP contribution in [0.15, 0.2) is 78.9 Å². The first kappa shape index (κ1) is 24.1. The Kier molecular flexibility index (Phi) is 8.25. The average molecular weight is 447 g/mol. The maximum Gasteiger partial charge on any atom is 0.307 e. The fourth-order valence-electron chi connectivity index (χ4n) is 3.45. The van der Waals surface area contributed by atoms with E-state index in [1.165, 1.54) is 0 Å².